The van der Waals surface area contributed by atoms with Crippen LogP contribution in [-0.4, -0.2) is 37.8 Å². The molecule has 3 aromatic rings. The zero-order valence-electron chi connectivity index (χ0n) is 12.1. The van der Waals surface area contributed by atoms with Crippen LogP contribution in [0.3, 0.4) is 0 Å². The minimum absolute atomic E-state index is 0.473. The van der Waals surface area contributed by atoms with Gasteiger partial charge >= 0.3 is 0 Å². The number of benzene rings is 1. The number of halogens is 1. The molecule has 1 atom stereocenters. The fourth-order valence-corrected chi connectivity index (χ4v) is 3.40. The molecule has 3 heterocycles. The van der Waals surface area contributed by atoms with E-state index in [1.807, 2.05) is 6.07 Å². The molecule has 6 heteroatoms. The topological polar surface area (TPSA) is 46.3 Å². The lowest BCUT2D eigenvalue weighted by Gasteiger charge is -2.16. The van der Waals surface area contributed by atoms with Crippen molar-refractivity contribution in [3.05, 3.63) is 59.0 Å². The lowest BCUT2D eigenvalue weighted by molar-refractivity contribution is 0.327. The van der Waals surface area contributed by atoms with Gasteiger partial charge in [-0.05, 0) is 30.5 Å². The number of hydrogen-bond acceptors (Lipinski definition) is 4. The summed E-state index contributed by atoms with van der Waals surface area (Å²) in [6.45, 7) is 2.97. The predicted molar refractivity (Wildman–Crippen MR) is 84.9 cm³/mol. The van der Waals surface area contributed by atoms with E-state index >= 15 is 0 Å². The number of aromatic nitrogens is 4. The summed E-state index contributed by atoms with van der Waals surface area (Å²) in [5.74, 6) is 0.604. The first kappa shape index (κ1) is 13.7. The number of rotatable bonds is 3. The molecule has 22 heavy (non-hydrogen) atoms. The molecule has 1 aliphatic rings. The first-order chi connectivity index (χ1) is 10.8. The molecular weight excluding hydrogens is 298 g/mol. The van der Waals surface area contributed by atoms with Gasteiger partial charge in [-0.25, -0.2) is 0 Å². The monoisotopic (exact) mass is 313 g/mol. The van der Waals surface area contributed by atoms with E-state index in [2.05, 4.69) is 50.5 Å². The number of hydrogen-bond donors (Lipinski definition) is 0. The quantitative estimate of drug-likeness (QED) is 0.746. The first-order valence-corrected chi connectivity index (χ1v) is 7.80. The standard InChI is InChI=1S/C16H16ClN5/c17-15-8-14(16-19-18-11-22(16)20-15)10-21-7-6-13(9-21)12-4-2-1-3-5-12/h1-5,8,11,13H,6-7,9-10H2. The Balaban J connectivity index is 1.53. The van der Waals surface area contributed by atoms with Crippen LogP contribution in [-0.2, 0) is 6.54 Å². The third-order valence-corrected chi connectivity index (χ3v) is 4.44. The van der Waals surface area contributed by atoms with Gasteiger partial charge in [-0.2, -0.15) is 9.61 Å². The molecule has 0 spiro atoms. The van der Waals surface area contributed by atoms with Crippen molar-refractivity contribution >= 4 is 17.2 Å². The van der Waals surface area contributed by atoms with E-state index in [9.17, 15) is 0 Å². The van der Waals surface area contributed by atoms with E-state index < -0.39 is 0 Å². The maximum atomic E-state index is 6.08. The summed E-state index contributed by atoms with van der Waals surface area (Å²) >= 11 is 6.08. The summed E-state index contributed by atoms with van der Waals surface area (Å²) in [5.41, 5.74) is 3.28. The van der Waals surface area contributed by atoms with Crippen LogP contribution in [0.25, 0.3) is 5.65 Å². The molecule has 1 unspecified atom stereocenters. The minimum atomic E-state index is 0.473. The summed E-state index contributed by atoms with van der Waals surface area (Å²) in [6, 6.07) is 12.6. The van der Waals surface area contributed by atoms with E-state index in [0.717, 1.165) is 30.8 Å². The van der Waals surface area contributed by atoms with Crippen LogP contribution in [0, 0.1) is 0 Å². The van der Waals surface area contributed by atoms with Crippen LogP contribution in [0.5, 0.6) is 0 Å². The van der Waals surface area contributed by atoms with Gasteiger partial charge < -0.3 is 0 Å². The highest BCUT2D eigenvalue weighted by molar-refractivity contribution is 6.29. The van der Waals surface area contributed by atoms with Crippen LogP contribution in [0.2, 0.25) is 5.15 Å². The largest absolute Gasteiger partial charge is 0.298 e. The maximum absolute atomic E-state index is 6.08. The van der Waals surface area contributed by atoms with Crippen LogP contribution < -0.4 is 0 Å². The van der Waals surface area contributed by atoms with Gasteiger partial charge in [0.1, 0.15) is 6.33 Å². The van der Waals surface area contributed by atoms with Crippen LogP contribution in [0.4, 0.5) is 0 Å². The van der Waals surface area contributed by atoms with Gasteiger partial charge in [0.2, 0.25) is 0 Å². The molecule has 1 saturated heterocycles. The summed E-state index contributed by atoms with van der Waals surface area (Å²) in [5, 5.41) is 12.7. The molecule has 0 N–H and O–H groups in total. The average molecular weight is 314 g/mol. The molecule has 0 aliphatic carbocycles. The molecule has 0 amide bonds. The van der Waals surface area contributed by atoms with E-state index in [4.69, 9.17) is 11.6 Å². The predicted octanol–water partition coefficient (Wildman–Crippen LogP) is 2.77. The highest BCUT2D eigenvalue weighted by Crippen LogP contribution is 2.28. The Morgan fingerprint density at radius 1 is 1.23 bits per heavy atom. The van der Waals surface area contributed by atoms with Gasteiger partial charge in [0.25, 0.3) is 0 Å². The molecule has 1 aliphatic heterocycles. The number of nitrogens with zero attached hydrogens (tertiary/aromatic N) is 5. The smallest absolute Gasteiger partial charge is 0.182 e. The molecule has 5 nitrogen and oxygen atoms in total. The lowest BCUT2D eigenvalue weighted by atomic mass is 9.99. The van der Waals surface area contributed by atoms with Gasteiger partial charge in [-0.1, -0.05) is 41.9 Å². The summed E-state index contributed by atoms with van der Waals surface area (Å²) in [7, 11) is 0. The van der Waals surface area contributed by atoms with Crippen molar-refractivity contribution in [3.63, 3.8) is 0 Å². The minimum Gasteiger partial charge on any atom is -0.298 e. The summed E-state index contributed by atoms with van der Waals surface area (Å²) in [6.07, 6.45) is 2.77. The van der Waals surface area contributed by atoms with Gasteiger partial charge in [0.05, 0.1) is 0 Å². The van der Waals surface area contributed by atoms with Crippen molar-refractivity contribution in [2.24, 2.45) is 0 Å². The van der Waals surface area contributed by atoms with E-state index in [1.165, 1.54) is 12.0 Å². The van der Waals surface area contributed by atoms with Gasteiger partial charge in [-0.15, -0.1) is 10.2 Å². The summed E-state index contributed by atoms with van der Waals surface area (Å²) < 4.78 is 1.64. The Labute approximate surface area is 133 Å². The van der Waals surface area contributed by atoms with Crippen molar-refractivity contribution in [1.29, 1.82) is 0 Å². The zero-order valence-corrected chi connectivity index (χ0v) is 12.8. The molecule has 1 aromatic carbocycles. The molecule has 2 aromatic heterocycles. The fourth-order valence-electron chi connectivity index (χ4n) is 3.19. The molecule has 112 valence electrons. The van der Waals surface area contributed by atoms with E-state index in [0.29, 0.717) is 11.1 Å². The van der Waals surface area contributed by atoms with Crippen molar-refractivity contribution in [2.45, 2.75) is 18.9 Å². The van der Waals surface area contributed by atoms with Crippen molar-refractivity contribution in [2.75, 3.05) is 13.1 Å². The molecular formula is C16H16ClN5. The second-order valence-electron chi connectivity index (χ2n) is 5.72. The Kier molecular flexibility index (Phi) is 3.52. The van der Waals surface area contributed by atoms with Crippen molar-refractivity contribution < 1.29 is 0 Å². The second-order valence-corrected chi connectivity index (χ2v) is 6.11. The number of fused-ring (bicyclic) bond motifs is 1. The number of likely N-dealkylation sites (tertiary alicyclic amines) is 1. The fraction of sp³-hybridized carbons (Fsp3) is 0.312. The van der Waals surface area contributed by atoms with Gasteiger partial charge in [-0.3, -0.25) is 4.90 Å². The third kappa shape index (κ3) is 2.58. The van der Waals surface area contributed by atoms with E-state index in [1.54, 1.807) is 10.8 Å². The zero-order chi connectivity index (χ0) is 14.9. The maximum Gasteiger partial charge on any atom is 0.182 e. The van der Waals surface area contributed by atoms with Gasteiger partial charge in [0.15, 0.2) is 10.8 Å². The molecule has 0 bridgehead atoms. The van der Waals surface area contributed by atoms with Crippen LogP contribution in [0.15, 0.2) is 42.7 Å². The van der Waals surface area contributed by atoms with Crippen molar-refractivity contribution in [3.8, 4) is 0 Å². The Bertz CT molecular complexity index is 786. The highest BCUT2D eigenvalue weighted by Gasteiger charge is 2.24. The lowest BCUT2D eigenvalue weighted by Crippen LogP contribution is -2.20. The van der Waals surface area contributed by atoms with Crippen LogP contribution in [0.1, 0.15) is 23.5 Å². The Morgan fingerprint density at radius 2 is 2.09 bits per heavy atom. The van der Waals surface area contributed by atoms with Gasteiger partial charge in [0, 0.05) is 18.7 Å². The molecule has 4 rings (SSSR count). The van der Waals surface area contributed by atoms with E-state index in [-0.39, 0.29) is 0 Å². The Morgan fingerprint density at radius 3 is 2.95 bits per heavy atom. The third-order valence-electron chi connectivity index (χ3n) is 4.25. The normalized spacial score (nSPS) is 19.0. The molecule has 1 fully saturated rings. The highest BCUT2D eigenvalue weighted by atomic mass is 35.5. The summed E-state index contributed by atoms with van der Waals surface area (Å²) in [4.78, 5) is 2.44. The van der Waals surface area contributed by atoms with Crippen molar-refractivity contribution in [1.82, 2.24) is 24.7 Å². The second kappa shape index (κ2) is 5.66. The molecule has 0 saturated carbocycles. The first-order valence-electron chi connectivity index (χ1n) is 7.42. The average Bonchev–Trinajstić information content (AvgIpc) is 3.17. The Hall–Kier alpha value is -1.98. The SMILES string of the molecule is Clc1cc(CN2CCC(c3ccccc3)C2)c2nncn2n1. The molecule has 0 radical (unpaired) electrons. The van der Waals surface area contributed by atoms with Crippen LogP contribution >= 0.6 is 11.6 Å².